The van der Waals surface area contributed by atoms with Crippen LogP contribution in [0.3, 0.4) is 0 Å². The normalized spacial score (nSPS) is 13.7. The minimum Gasteiger partial charge on any atom is -0.320 e. The number of anilines is 1. The van der Waals surface area contributed by atoms with Gasteiger partial charge in [0.25, 0.3) is 0 Å². The van der Waals surface area contributed by atoms with E-state index in [4.69, 9.17) is 0 Å². The van der Waals surface area contributed by atoms with Gasteiger partial charge < -0.3 is 14.4 Å². The molecule has 5 nitrogen and oxygen atoms in total. The maximum atomic E-state index is 13.5. The van der Waals surface area contributed by atoms with Gasteiger partial charge in [0, 0.05) is 13.1 Å². The second-order valence-electron chi connectivity index (χ2n) is 6.57. The van der Waals surface area contributed by atoms with Gasteiger partial charge in [-0.2, -0.15) is 0 Å². The van der Waals surface area contributed by atoms with E-state index >= 15 is 0 Å². The number of hydrogen-bond donors (Lipinski definition) is 0. The summed E-state index contributed by atoms with van der Waals surface area (Å²) in [6, 6.07) is 4.68. The van der Waals surface area contributed by atoms with Crippen molar-refractivity contribution in [2.75, 3.05) is 11.9 Å². The quantitative estimate of drug-likeness (QED) is 0.620. The number of nitrogens with zero attached hydrogens (tertiary/aromatic N) is 5. The number of rotatable bonds is 3. The topological polar surface area (TPSA) is 37.2 Å². The Kier molecular flexibility index (Phi) is 4.44. The molecule has 0 saturated carbocycles. The Morgan fingerprint density at radius 2 is 2.04 bits per heavy atom. The highest BCUT2D eigenvalue weighted by Gasteiger charge is 2.32. The van der Waals surface area contributed by atoms with E-state index in [0.29, 0.717) is 18.6 Å². The summed E-state index contributed by atoms with van der Waals surface area (Å²) < 4.78 is 16.5. The van der Waals surface area contributed by atoms with Gasteiger partial charge in [-0.25, -0.2) is 14.4 Å². The van der Waals surface area contributed by atoms with E-state index in [1.165, 1.54) is 12.1 Å². The minimum absolute atomic E-state index is 0.281. The Labute approximate surface area is 167 Å². The smallest absolute Gasteiger partial charge is 0.162 e. The Hall–Kier alpha value is -3.11. The number of imidazole rings is 1. The van der Waals surface area contributed by atoms with Gasteiger partial charge in [0.15, 0.2) is 5.82 Å². The molecule has 4 rings (SSSR count). The van der Waals surface area contributed by atoms with Gasteiger partial charge in [0.2, 0.25) is 0 Å². The molecule has 0 atom stereocenters. The number of aryl methyl sites for hydroxylation is 1. The van der Waals surface area contributed by atoms with Crippen LogP contribution in [0.25, 0.3) is 15.9 Å². The first-order chi connectivity index (χ1) is 13.4. The van der Waals surface area contributed by atoms with Crippen LogP contribution in [0, 0.1) is 24.6 Å². The molecule has 1 aliphatic rings. The van der Waals surface area contributed by atoms with E-state index in [0.717, 1.165) is 38.6 Å². The maximum absolute atomic E-state index is 13.5. The first kappa shape index (κ1) is 18.3. The number of hydrogen-bond acceptors (Lipinski definition) is 5. The average molecular weight is 393 g/mol. The molecule has 2 aromatic heterocycles. The van der Waals surface area contributed by atoms with E-state index < -0.39 is 0 Å². The lowest BCUT2D eigenvalue weighted by Crippen LogP contribution is -2.36. The number of fused-ring (bicyclic) bond motifs is 2. The van der Waals surface area contributed by atoms with Crippen molar-refractivity contribution in [3.05, 3.63) is 59.5 Å². The van der Waals surface area contributed by atoms with Gasteiger partial charge in [-0.05, 0) is 26.0 Å². The average Bonchev–Trinajstić information content (AvgIpc) is 3.21. The maximum Gasteiger partial charge on any atom is 0.162 e. The summed E-state index contributed by atoms with van der Waals surface area (Å²) in [7, 11) is 1.94. The van der Waals surface area contributed by atoms with Crippen molar-refractivity contribution in [1.29, 1.82) is 0 Å². The molecule has 3 aromatic rings. The van der Waals surface area contributed by atoms with Gasteiger partial charge in [0.1, 0.15) is 28.2 Å². The van der Waals surface area contributed by atoms with Crippen LogP contribution in [0.15, 0.2) is 37.2 Å². The Morgan fingerprint density at radius 3 is 2.79 bits per heavy atom. The zero-order valence-corrected chi connectivity index (χ0v) is 16.9. The molecule has 0 unspecified atom stereocenters. The third-order valence-electron chi connectivity index (χ3n) is 4.86. The van der Waals surface area contributed by atoms with Crippen molar-refractivity contribution in [1.82, 2.24) is 19.4 Å². The molecule has 0 amide bonds. The lowest BCUT2D eigenvalue weighted by atomic mass is 10.2. The van der Waals surface area contributed by atoms with Crippen LogP contribution in [0.2, 0.25) is 0 Å². The lowest BCUT2D eigenvalue weighted by Gasteiger charge is -2.38. The molecule has 7 heteroatoms. The Bertz CT molecular complexity index is 1180. The van der Waals surface area contributed by atoms with E-state index in [2.05, 4.69) is 39.5 Å². The summed E-state index contributed by atoms with van der Waals surface area (Å²) in [5, 5.41) is 0.871. The molecule has 28 heavy (non-hydrogen) atoms. The summed E-state index contributed by atoms with van der Waals surface area (Å²) >= 11 is 1.54. The van der Waals surface area contributed by atoms with Crippen LogP contribution in [0.4, 0.5) is 10.2 Å². The summed E-state index contributed by atoms with van der Waals surface area (Å²) in [5.74, 6) is 8.23. The van der Waals surface area contributed by atoms with Gasteiger partial charge in [0.05, 0.1) is 29.0 Å². The molecule has 0 N–H and O–H groups in total. The molecule has 0 aliphatic carbocycles. The lowest BCUT2D eigenvalue weighted by molar-refractivity contribution is 0.457. The van der Waals surface area contributed by atoms with E-state index in [1.807, 2.05) is 30.7 Å². The Balaban J connectivity index is 1.73. The number of halogens is 1. The molecule has 3 heterocycles. The molecule has 0 bridgehead atoms. The number of aromatic nitrogens is 3. The van der Waals surface area contributed by atoms with Crippen molar-refractivity contribution in [3.8, 4) is 11.8 Å². The van der Waals surface area contributed by atoms with Crippen LogP contribution < -0.4 is 4.90 Å². The third kappa shape index (κ3) is 2.86. The molecule has 1 aromatic carbocycles. The fraction of sp³-hybridized carbons (Fsp3) is 0.238. The Morgan fingerprint density at radius 1 is 1.25 bits per heavy atom. The van der Waals surface area contributed by atoms with Crippen LogP contribution in [0.1, 0.15) is 23.4 Å². The van der Waals surface area contributed by atoms with Crippen molar-refractivity contribution in [2.24, 2.45) is 0 Å². The minimum atomic E-state index is -0.281. The number of benzene rings is 1. The molecular weight excluding hydrogens is 373 g/mol. The SMILES string of the molecule is C=C1c2c(nc(C)n2CC#CC)N(C)C(=C)N1Cc1nc2cc(F)ccc2s1. The van der Waals surface area contributed by atoms with E-state index in [1.54, 1.807) is 17.4 Å². The predicted molar refractivity (Wildman–Crippen MR) is 112 cm³/mol. The molecule has 0 fully saturated rings. The van der Waals surface area contributed by atoms with E-state index in [-0.39, 0.29) is 5.82 Å². The van der Waals surface area contributed by atoms with Gasteiger partial charge in [-0.3, -0.25) is 0 Å². The molecule has 142 valence electrons. The highest BCUT2D eigenvalue weighted by Crippen LogP contribution is 2.39. The summed E-state index contributed by atoms with van der Waals surface area (Å²) in [6.45, 7) is 13.4. The molecule has 0 spiro atoms. The van der Waals surface area contributed by atoms with Crippen molar-refractivity contribution < 1.29 is 4.39 Å². The zero-order chi connectivity index (χ0) is 20.0. The largest absolute Gasteiger partial charge is 0.320 e. The molecule has 0 radical (unpaired) electrons. The van der Waals surface area contributed by atoms with Crippen molar-refractivity contribution in [2.45, 2.75) is 26.9 Å². The van der Waals surface area contributed by atoms with Gasteiger partial charge in [-0.15, -0.1) is 17.3 Å². The fourth-order valence-corrected chi connectivity index (χ4v) is 4.28. The first-order valence-corrected chi connectivity index (χ1v) is 9.63. The van der Waals surface area contributed by atoms with Gasteiger partial charge >= 0.3 is 0 Å². The van der Waals surface area contributed by atoms with Gasteiger partial charge in [-0.1, -0.05) is 19.1 Å². The summed E-state index contributed by atoms with van der Waals surface area (Å²) in [5.41, 5.74) is 2.41. The van der Waals surface area contributed by atoms with E-state index in [9.17, 15) is 4.39 Å². The van der Waals surface area contributed by atoms with Crippen LogP contribution in [-0.2, 0) is 13.1 Å². The van der Waals surface area contributed by atoms with Crippen LogP contribution in [-0.4, -0.2) is 26.5 Å². The standard InChI is InChI=1S/C21H20FN5S/c1-6-7-10-26-14(3)23-21-20(26)13(2)27(15(4)25(21)5)12-19-24-17-11-16(22)8-9-18(17)28-19/h8-9,11H,2,4,10,12H2,1,3,5H3. The highest BCUT2D eigenvalue weighted by atomic mass is 32.1. The predicted octanol–water partition coefficient (Wildman–Crippen LogP) is 4.36. The third-order valence-corrected chi connectivity index (χ3v) is 5.88. The van der Waals surface area contributed by atoms with Crippen LogP contribution in [0.5, 0.6) is 0 Å². The highest BCUT2D eigenvalue weighted by molar-refractivity contribution is 7.18. The molecule has 1 aliphatic heterocycles. The monoisotopic (exact) mass is 393 g/mol. The van der Waals surface area contributed by atoms with Crippen molar-refractivity contribution >= 4 is 33.1 Å². The summed E-state index contributed by atoms with van der Waals surface area (Å²) in [6.07, 6.45) is 0. The molecular formula is C21H20FN5S. The fourth-order valence-electron chi connectivity index (χ4n) is 3.34. The van der Waals surface area contributed by atoms with Crippen LogP contribution >= 0.6 is 11.3 Å². The number of thiazole rings is 1. The first-order valence-electron chi connectivity index (χ1n) is 8.82. The molecule has 0 saturated heterocycles. The summed E-state index contributed by atoms with van der Waals surface area (Å²) in [4.78, 5) is 13.3. The second-order valence-corrected chi connectivity index (χ2v) is 7.69. The zero-order valence-electron chi connectivity index (χ0n) is 16.1. The van der Waals surface area contributed by atoms with Crippen molar-refractivity contribution in [3.63, 3.8) is 0 Å². The second kappa shape index (κ2) is 6.80.